The number of para-hydroxylation sites is 1. The average molecular weight is 476 g/mol. The van der Waals surface area contributed by atoms with Crippen LogP contribution in [-0.4, -0.2) is 14.2 Å². The molecule has 176 valence electrons. The summed E-state index contributed by atoms with van der Waals surface area (Å²) in [5.41, 5.74) is 2.50. The van der Waals surface area contributed by atoms with Gasteiger partial charge in [-0.3, -0.25) is 0 Å². The molecule has 0 saturated carbocycles. The van der Waals surface area contributed by atoms with Crippen LogP contribution in [0.25, 0.3) is 55.0 Å². The van der Waals surface area contributed by atoms with Crippen molar-refractivity contribution in [2.24, 2.45) is 0 Å². The molecule has 0 aliphatic carbocycles. The highest BCUT2D eigenvalue weighted by Gasteiger charge is 2.14. The Morgan fingerprint density at radius 2 is 1.22 bits per heavy atom. The van der Waals surface area contributed by atoms with E-state index < -0.39 is 5.63 Å². The number of fused-ring (bicyclic) bond motifs is 3. The van der Waals surface area contributed by atoms with Gasteiger partial charge in [-0.25, -0.2) is 9.59 Å². The molecule has 0 spiro atoms. The zero-order valence-corrected chi connectivity index (χ0v) is 19.5. The molecule has 6 nitrogen and oxygen atoms in total. The summed E-state index contributed by atoms with van der Waals surface area (Å²) in [6, 6.07) is 25.9. The Balaban J connectivity index is 1.45. The van der Waals surface area contributed by atoms with Crippen molar-refractivity contribution in [2.45, 2.75) is 0 Å². The largest absolute Gasteiger partial charge is 0.496 e. The van der Waals surface area contributed by atoms with Crippen LogP contribution >= 0.6 is 0 Å². The fourth-order valence-electron chi connectivity index (χ4n) is 4.49. The van der Waals surface area contributed by atoms with E-state index in [1.54, 1.807) is 38.5 Å². The summed E-state index contributed by atoms with van der Waals surface area (Å²) in [6.07, 6.45) is 0. The van der Waals surface area contributed by atoms with Gasteiger partial charge in [0.05, 0.1) is 30.7 Å². The maximum atomic E-state index is 12.9. The van der Waals surface area contributed by atoms with Crippen molar-refractivity contribution in [1.29, 1.82) is 0 Å². The van der Waals surface area contributed by atoms with Crippen LogP contribution in [0.5, 0.6) is 11.5 Å². The molecule has 36 heavy (non-hydrogen) atoms. The molecule has 0 amide bonds. The second-order valence-electron chi connectivity index (χ2n) is 8.45. The third-order valence-electron chi connectivity index (χ3n) is 6.35. The van der Waals surface area contributed by atoms with Crippen molar-refractivity contribution in [3.05, 3.63) is 106 Å². The van der Waals surface area contributed by atoms with Crippen LogP contribution in [0.2, 0.25) is 0 Å². The standard InChI is InChI=1S/C30H20O6/c1-33-22-14-27(34-2)25-16-24(30(32)36-28(25)15-22)20-10-8-17-11-19(9-7-18(17)12-20)23-13-21-5-3-4-6-26(21)35-29(23)31/h3-16H,1-2H3. The van der Waals surface area contributed by atoms with E-state index in [0.717, 1.165) is 21.7 Å². The van der Waals surface area contributed by atoms with Crippen molar-refractivity contribution >= 4 is 32.7 Å². The van der Waals surface area contributed by atoms with E-state index >= 15 is 0 Å². The number of benzene rings is 4. The molecule has 2 heterocycles. The molecule has 4 aromatic carbocycles. The van der Waals surface area contributed by atoms with Crippen LogP contribution < -0.4 is 20.7 Å². The Kier molecular flexibility index (Phi) is 5.08. The Bertz CT molecular complexity index is 1910. The average Bonchev–Trinajstić information content (AvgIpc) is 2.91. The summed E-state index contributed by atoms with van der Waals surface area (Å²) in [7, 11) is 3.10. The third kappa shape index (κ3) is 3.60. The Hall–Kier alpha value is -4.84. The predicted molar refractivity (Wildman–Crippen MR) is 140 cm³/mol. The molecule has 0 aliphatic heterocycles. The van der Waals surface area contributed by atoms with E-state index in [-0.39, 0.29) is 5.63 Å². The summed E-state index contributed by atoms with van der Waals surface area (Å²) < 4.78 is 21.9. The van der Waals surface area contributed by atoms with Gasteiger partial charge in [-0.15, -0.1) is 0 Å². The van der Waals surface area contributed by atoms with Gasteiger partial charge < -0.3 is 18.3 Å². The molecule has 0 radical (unpaired) electrons. The molecule has 0 atom stereocenters. The Morgan fingerprint density at radius 3 is 1.89 bits per heavy atom. The number of ether oxygens (including phenoxy) is 2. The van der Waals surface area contributed by atoms with Gasteiger partial charge in [-0.05, 0) is 52.2 Å². The minimum Gasteiger partial charge on any atom is -0.496 e. The van der Waals surface area contributed by atoms with E-state index in [1.807, 2.05) is 60.7 Å². The maximum Gasteiger partial charge on any atom is 0.344 e. The van der Waals surface area contributed by atoms with Crippen molar-refractivity contribution in [2.75, 3.05) is 14.2 Å². The molecule has 0 N–H and O–H groups in total. The summed E-state index contributed by atoms with van der Waals surface area (Å²) in [5, 5.41) is 3.38. The zero-order valence-electron chi connectivity index (χ0n) is 19.5. The van der Waals surface area contributed by atoms with Gasteiger partial charge >= 0.3 is 11.3 Å². The summed E-state index contributed by atoms with van der Waals surface area (Å²) in [4.78, 5) is 25.5. The maximum absolute atomic E-state index is 12.9. The van der Waals surface area contributed by atoms with Gasteiger partial charge in [0, 0.05) is 17.5 Å². The molecule has 0 fully saturated rings. The lowest BCUT2D eigenvalue weighted by molar-refractivity contribution is 0.396. The van der Waals surface area contributed by atoms with Gasteiger partial charge in [-0.2, -0.15) is 0 Å². The molecule has 0 unspecified atom stereocenters. The van der Waals surface area contributed by atoms with Gasteiger partial charge in [0.2, 0.25) is 0 Å². The SMILES string of the molecule is COc1cc(OC)c2cc(-c3ccc4cc(-c5cc6ccccc6oc5=O)ccc4c3)c(=O)oc2c1. The minimum atomic E-state index is -0.456. The molecule has 2 aromatic heterocycles. The fraction of sp³-hybridized carbons (Fsp3) is 0.0667. The topological polar surface area (TPSA) is 78.9 Å². The van der Waals surface area contributed by atoms with Crippen LogP contribution in [0.4, 0.5) is 0 Å². The van der Waals surface area contributed by atoms with Crippen LogP contribution in [0.1, 0.15) is 0 Å². The van der Waals surface area contributed by atoms with Gasteiger partial charge in [0.1, 0.15) is 22.7 Å². The minimum absolute atomic E-state index is 0.385. The fourth-order valence-corrected chi connectivity index (χ4v) is 4.49. The smallest absolute Gasteiger partial charge is 0.344 e. The zero-order chi connectivity index (χ0) is 24.8. The molecular formula is C30H20O6. The highest BCUT2D eigenvalue weighted by Crippen LogP contribution is 2.34. The van der Waals surface area contributed by atoms with Crippen molar-refractivity contribution in [3.8, 4) is 33.8 Å². The first-order valence-corrected chi connectivity index (χ1v) is 11.3. The first kappa shape index (κ1) is 21.7. The lowest BCUT2D eigenvalue weighted by Crippen LogP contribution is -2.04. The monoisotopic (exact) mass is 476 g/mol. The number of rotatable bonds is 4. The number of hydrogen-bond acceptors (Lipinski definition) is 6. The van der Waals surface area contributed by atoms with Gasteiger partial charge in [0.25, 0.3) is 0 Å². The van der Waals surface area contributed by atoms with Crippen molar-refractivity contribution in [3.63, 3.8) is 0 Å². The normalized spacial score (nSPS) is 11.3. The molecule has 6 rings (SSSR count). The van der Waals surface area contributed by atoms with Gasteiger partial charge in [-0.1, -0.05) is 42.5 Å². The Labute approximate surface area is 204 Å². The number of methoxy groups -OCH3 is 2. The molecule has 0 aliphatic rings. The van der Waals surface area contributed by atoms with Crippen LogP contribution in [0, 0.1) is 0 Å². The van der Waals surface area contributed by atoms with Crippen molar-refractivity contribution < 1.29 is 18.3 Å². The molecule has 0 bridgehead atoms. The van der Waals surface area contributed by atoms with Gasteiger partial charge in [0.15, 0.2) is 0 Å². The first-order chi connectivity index (χ1) is 17.5. The van der Waals surface area contributed by atoms with E-state index in [9.17, 15) is 9.59 Å². The van der Waals surface area contributed by atoms with Crippen LogP contribution in [0.3, 0.4) is 0 Å². The highest BCUT2D eigenvalue weighted by atomic mass is 16.5. The highest BCUT2D eigenvalue weighted by molar-refractivity contribution is 5.93. The quantitative estimate of drug-likeness (QED) is 0.274. The van der Waals surface area contributed by atoms with E-state index in [4.69, 9.17) is 18.3 Å². The lowest BCUT2D eigenvalue weighted by Gasteiger charge is -2.10. The molecular weight excluding hydrogens is 456 g/mol. The van der Waals surface area contributed by atoms with Crippen LogP contribution in [-0.2, 0) is 0 Å². The summed E-state index contributed by atoms with van der Waals surface area (Å²) >= 11 is 0. The first-order valence-electron chi connectivity index (χ1n) is 11.3. The molecule has 6 heteroatoms. The van der Waals surface area contributed by atoms with E-state index in [0.29, 0.717) is 44.7 Å². The Morgan fingerprint density at radius 1 is 0.583 bits per heavy atom. The van der Waals surface area contributed by atoms with E-state index in [1.165, 1.54) is 0 Å². The predicted octanol–water partition coefficient (Wildman–Crippen LogP) is 6.40. The van der Waals surface area contributed by atoms with E-state index in [2.05, 4.69) is 0 Å². The second kappa shape index (κ2) is 8.43. The lowest BCUT2D eigenvalue weighted by atomic mass is 9.98. The van der Waals surface area contributed by atoms with Crippen LogP contribution in [0.15, 0.2) is 103 Å². The van der Waals surface area contributed by atoms with Crippen molar-refractivity contribution in [1.82, 2.24) is 0 Å². The second-order valence-corrected chi connectivity index (χ2v) is 8.45. The summed E-state index contributed by atoms with van der Waals surface area (Å²) in [6.45, 7) is 0. The third-order valence-corrected chi connectivity index (χ3v) is 6.35. The molecule has 0 saturated heterocycles. The number of hydrogen-bond donors (Lipinski definition) is 0. The summed E-state index contributed by atoms with van der Waals surface area (Å²) in [5.74, 6) is 1.09. The molecule has 6 aromatic rings.